The molecule has 2 aliphatic heterocycles. The van der Waals surface area contributed by atoms with Gasteiger partial charge in [-0.15, -0.1) is 0 Å². The fourth-order valence-electron chi connectivity index (χ4n) is 3.28. The van der Waals surface area contributed by atoms with Gasteiger partial charge in [0.05, 0.1) is 6.10 Å². The second-order valence-electron chi connectivity index (χ2n) is 5.58. The fourth-order valence-corrected chi connectivity index (χ4v) is 3.28. The number of nitrogens with zero attached hydrogens (tertiary/aromatic N) is 1. The van der Waals surface area contributed by atoms with Gasteiger partial charge in [0.2, 0.25) is 0 Å². The van der Waals surface area contributed by atoms with Crippen molar-refractivity contribution in [3.8, 4) is 0 Å². The van der Waals surface area contributed by atoms with Crippen LogP contribution in [-0.4, -0.2) is 41.3 Å². The maximum Gasteiger partial charge on any atom is 0.0845 e. The number of piperidine rings is 1. The Morgan fingerprint density at radius 2 is 2.06 bits per heavy atom. The molecule has 0 amide bonds. The van der Waals surface area contributed by atoms with Crippen LogP contribution in [-0.2, 0) is 13.0 Å². The van der Waals surface area contributed by atoms with E-state index in [2.05, 4.69) is 41.4 Å². The maximum atomic E-state index is 10.3. The molecule has 1 saturated heterocycles. The SMILES string of the molecule is CC1NCCC(N2CCc3ccccc3C2)C1O. The van der Waals surface area contributed by atoms with Crippen LogP contribution in [0.5, 0.6) is 0 Å². The molecule has 1 fully saturated rings. The van der Waals surface area contributed by atoms with Gasteiger partial charge < -0.3 is 10.4 Å². The second kappa shape index (κ2) is 5.00. The van der Waals surface area contributed by atoms with E-state index >= 15 is 0 Å². The first-order valence-corrected chi connectivity index (χ1v) is 6.98. The Labute approximate surface area is 109 Å². The summed E-state index contributed by atoms with van der Waals surface area (Å²) in [6.07, 6.45) is 1.92. The number of hydrogen-bond donors (Lipinski definition) is 2. The molecule has 18 heavy (non-hydrogen) atoms. The summed E-state index contributed by atoms with van der Waals surface area (Å²) in [6.45, 7) is 5.16. The predicted octanol–water partition coefficient (Wildman–Crippen LogP) is 1.16. The highest BCUT2D eigenvalue weighted by atomic mass is 16.3. The van der Waals surface area contributed by atoms with Gasteiger partial charge in [-0.05, 0) is 37.4 Å². The van der Waals surface area contributed by atoms with E-state index in [0.29, 0.717) is 6.04 Å². The minimum absolute atomic E-state index is 0.209. The Kier molecular flexibility index (Phi) is 3.37. The number of fused-ring (bicyclic) bond motifs is 1. The third-order valence-corrected chi connectivity index (χ3v) is 4.44. The van der Waals surface area contributed by atoms with Crippen molar-refractivity contribution in [1.29, 1.82) is 0 Å². The Morgan fingerprint density at radius 3 is 2.89 bits per heavy atom. The van der Waals surface area contributed by atoms with Gasteiger partial charge in [-0.3, -0.25) is 4.90 Å². The van der Waals surface area contributed by atoms with E-state index in [1.807, 2.05) is 0 Å². The third kappa shape index (κ3) is 2.18. The van der Waals surface area contributed by atoms with Gasteiger partial charge in [0.1, 0.15) is 0 Å². The molecule has 2 heterocycles. The summed E-state index contributed by atoms with van der Waals surface area (Å²) in [7, 11) is 0. The van der Waals surface area contributed by atoms with E-state index in [1.54, 1.807) is 0 Å². The average molecular weight is 246 g/mol. The van der Waals surface area contributed by atoms with Crippen LogP contribution in [0.15, 0.2) is 24.3 Å². The summed E-state index contributed by atoms with van der Waals surface area (Å²) >= 11 is 0. The molecule has 3 atom stereocenters. The van der Waals surface area contributed by atoms with Gasteiger partial charge in [-0.1, -0.05) is 24.3 Å². The van der Waals surface area contributed by atoms with Crippen molar-refractivity contribution in [1.82, 2.24) is 10.2 Å². The van der Waals surface area contributed by atoms with Crippen molar-refractivity contribution < 1.29 is 5.11 Å². The molecule has 0 aromatic heterocycles. The Bertz CT molecular complexity index is 421. The van der Waals surface area contributed by atoms with Crippen molar-refractivity contribution in [3.63, 3.8) is 0 Å². The minimum atomic E-state index is -0.246. The van der Waals surface area contributed by atoms with Crippen molar-refractivity contribution >= 4 is 0 Å². The first-order valence-electron chi connectivity index (χ1n) is 6.98. The third-order valence-electron chi connectivity index (χ3n) is 4.44. The molecule has 3 unspecified atom stereocenters. The highest BCUT2D eigenvalue weighted by Crippen LogP contribution is 2.24. The number of rotatable bonds is 1. The van der Waals surface area contributed by atoms with Crippen molar-refractivity contribution in [2.45, 2.75) is 44.5 Å². The molecule has 0 saturated carbocycles. The van der Waals surface area contributed by atoms with E-state index in [4.69, 9.17) is 0 Å². The van der Waals surface area contributed by atoms with Gasteiger partial charge in [0, 0.05) is 25.2 Å². The fraction of sp³-hybridized carbons (Fsp3) is 0.600. The molecule has 2 aliphatic rings. The first-order chi connectivity index (χ1) is 8.75. The molecule has 0 spiro atoms. The second-order valence-corrected chi connectivity index (χ2v) is 5.58. The van der Waals surface area contributed by atoms with Gasteiger partial charge in [0.25, 0.3) is 0 Å². The monoisotopic (exact) mass is 246 g/mol. The summed E-state index contributed by atoms with van der Waals surface area (Å²) in [4.78, 5) is 2.46. The van der Waals surface area contributed by atoms with Crippen molar-refractivity contribution in [3.05, 3.63) is 35.4 Å². The lowest BCUT2D eigenvalue weighted by Crippen LogP contribution is -2.57. The summed E-state index contributed by atoms with van der Waals surface area (Å²) in [5, 5.41) is 13.7. The molecular weight excluding hydrogens is 224 g/mol. The van der Waals surface area contributed by atoms with E-state index < -0.39 is 0 Å². The Hall–Kier alpha value is -0.900. The van der Waals surface area contributed by atoms with Crippen LogP contribution in [0.1, 0.15) is 24.5 Å². The molecule has 3 rings (SSSR count). The normalized spacial score (nSPS) is 33.1. The molecule has 0 aliphatic carbocycles. The van der Waals surface area contributed by atoms with Gasteiger partial charge >= 0.3 is 0 Å². The zero-order valence-corrected chi connectivity index (χ0v) is 11.0. The number of nitrogens with one attached hydrogen (secondary N) is 1. The van der Waals surface area contributed by atoms with Crippen LogP contribution in [0.4, 0.5) is 0 Å². The van der Waals surface area contributed by atoms with Crippen LogP contribution >= 0.6 is 0 Å². The summed E-state index contributed by atoms with van der Waals surface area (Å²) in [6, 6.07) is 9.21. The Balaban J connectivity index is 1.75. The van der Waals surface area contributed by atoms with Gasteiger partial charge in [-0.2, -0.15) is 0 Å². The smallest absolute Gasteiger partial charge is 0.0845 e. The zero-order chi connectivity index (χ0) is 12.5. The molecular formula is C15H22N2O. The van der Waals surface area contributed by atoms with Crippen LogP contribution in [0.3, 0.4) is 0 Å². The molecule has 1 aromatic carbocycles. The van der Waals surface area contributed by atoms with E-state index in [-0.39, 0.29) is 12.1 Å². The van der Waals surface area contributed by atoms with Crippen molar-refractivity contribution in [2.24, 2.45) is 0 Å². The van der Waals surface area contributed by atoms with Crippen LogP contribution in [0, 0.1) is 0 Å². The van der Waals surface area contributed by atoms with Crippen LogP contribution in [0.2, 0.25) is 0 Å². The van der Waals surface area contributed by atoms with E-state index in [0.717, 1.165) is 32.5 Å². The quantitative estimate of drug-likeness (QED) is 0.780. The number of benzene rings is 1. The van der Waals surface area contributed by atoms with Gasteiger partial charge in [0.15, 0.2) is 0 Å². The summed E-state index contributed by atoms with van der Waals surface area (Å²) in [5.41, 5.74) is 2.91. The largest absolute Gasteiger partial charge is 0.390 e. The predicted molar refractivity (Wildman–Crippen MR) is 72.4 cm³/mol. The number of hydrogen-bond acceptors (Lipinski definition) is 3. The zero-order valence-electron chi connectivity index (χ0n) is 11.0. The van der Waals surface area contributed by atoms with E-state index in [9.17, 15) is 5.11 Å². The first kappa shape index (κ1) is 12.2. The standard InChI is InChI=1S/C15H22N2O/c1-11-15(18)14(6-8-16-11)17-9-7-12-4-2-3-5-13(12)10-17/h2-5,11,14-16,18H,6-10H2,1H3. The minimum Gasteiger partial charge on any atom is -0.390 e. The number of aliphatic hydroxyl groups excluding tert-OH is 1. The summed E-state index contributed by atoms with van der Waals surface area (Å²) in [5.74, 6) is 0. The highest BCUT2D eigenvalue weighted by molar-refractivity contribution is 5.29. The molecule has 0 radical (unpaired) electrons. The van der Waals surface area contributed by atoms with Crippen LogP contribution < -0.4 is 5.32 Å². The lowest BCUT2D eigenvalue weighted by atomic mass is 9.92. The van der Waals surface area contributed by atoms with E-state index in [1.165, 1.54) is 11.1 Å². The molecule has 0 bridgehead atoms. The molecule has 98 valence electrons. The molecule has 2 N–H and O–H groups in total. The number of aliphatic hydroxyl groups is 1. The maximum absolute atomic E-state index is 10.3. The molecule has 3 nitrogen and oxygen atoms in total. The topological polar surface area (TPSA) is 35.5 Å². The van der Waals surface area contributed by atoms with Crippen LogP contribution in [0.25, 0.3) is 0 Å². The molecule has 3 heteroatoms. The highest BCUT2D eigenvalue weighted by Gasteiger charge is 2.34. The lowest BCUT2D eigenvalue weighted by Gasteiger charge is -2.42. The molecule has 1 aromatic rings. The van der Waals surface area contributed by atoms with Gasteiger partial charge in [-0.25, -0.2) is 0 Å². The summed E-state index contributed by atoms with van der Waals surface area (Å²) < 4.78 is 0. The van der Waals surface area contributed by atoms with Crippen molar-refractivity contribution in [2.75, 3.05) is 13.1 Å². The lowest BCUT2D eigenvalue weighted by molar-refractivity contribution is -0.000775. The Morgan fingerprint density at radius 1 is 1.28 bits per heavy atom. The average Bonchev–Trinajstić information content (AvgIpc) is 2.41.